The Hall–Kier alpha value is -1.39. The summed E-state index contributed by atoms with van der Waals surface area (Å²) < 4.78 is 5.63. The summed E-state index contributed by atoms with van der Waals surface area (Å²) in [6.07, 6.45) is 2.72. The summed E-state index contributed by atoms with van der Waals surface area (Å²) in [4.78, 5) is 12.3. The molecule has 1 aliphatic heterocycles. The lowest BCUT2D eigenvalue weighted by Crippen LogP contribution is -2.29. The van der Waals surface area contributed by atoms with Crippen molar-refractivity contribution in [3.63, 3.8) is 0 Å². The van der Waals surface area contributed by atoms with E-state index in [9.17, 15) is 4.79 Å². The van der Waals surface area contributed by atoms with E-state index in [-0.39, 0.29) is 24.2 Å². The van der Waals surface area contributed by atoms with Gasteiger partial charge < -0.3 is 15.4 Å². The summed E-state index contributed by atoms with van der Waals surface area (Å²) in [5.41, 5.74) is 1.99. The maximum Gasteiger partial charge on any atom is 0.253 e. The SMILES string of the molecule is CCCNC(C)c1ccccc1NC(=O)C1CCC(C)O1. The molecular formula is C17H26N2O2. The molecule has 4 nitrogen and oxygen atoms in total. The van der Waals surface area contributed by atoms with Crippen molar-refractivity contribution in [3.8, 4) is 0 Å². The van der Waals surface area contributed by atoms with Crippen LogP contribution in [0.25, 0.3) is 0 Å². The third-order valence-electron chi connectivity index (χ3n) is 3.91. The fourth-order valence-electron chi connectivity index (χ4n) is 2.67. The van der Waals surface area contributed by atoms with Crippen molar-refractivity contribution in [2.75, 3.05) is 11.9 Å². The van der Waals surface area contributed by atoms with Crippen molar-refractivity contribution >= 4 is 11.6 Å². The van der Waals surface area contributed by atoms with Crippen LogP contribution in [0.2, 0.25) is 0 Å². The number of benzene rings is 1. The normalized spacial score (nSPS) is 23.0. The van der Waals surface area contributed by atoms with E-state index in [1.165, 1.54) is 0 Å². The van der Waals surface area contributed by atoms with Crippen molar-refractivity contribution in [1.29, 1.82) is 0 Å². The van der Waals surface area contributed by atoms with Gasteiger partial charge in [-0.05, 0) is 51.3 Å². The van der Waals surface area contributed by atoms with Gasteiger partial charge in [0, 0.05) is 11.7 Å². The van der Waals surface area contributed by atoms with Crippen LogP contribution in [0, 0.1) is 0 Å². The summed E-state index contributed by atoms with van der Waals surface area (Å²) in [7, 11) is 0. The van der Waals surface area contributed by atoms with Gasteiger partial charge in [0.1, 0.15) is 6.10 Å². The van der Waals surface area contributed by atoms with Gasteiger partial charge in [-0.2, -0.15) is 0 Å². The Morgan fingerprint density at radius 3 is 2.81 bits per heavy atom. The molecule has 1 aliphatic rings. The highest BCUT2D eigenvalue weighted by atomic mass is 16.5. The van der Waals surface area contributed by atoms with E-state index >= 15 is 0 Å². The van der Waals surface area contributed by atoms with Gasteiger partial charge in [0.2, 0.25) is 0 Å². The number of anilines is 1. The summed E-state index contributed by atoms with van der Waals surface area (Å²) >= 11 is 0. The smallest absolute Gasteiger partial charge is 0.253 e. The molecule has 1 aromatic rings. The predicted molar refractivity (Wildman–Crippen MR) is 85.3 cm³/mol. The van der Waals surface area contributed by atoms with Gasteiger partial charge >= 0.3 is 0 Å². The number of nitrogens with one attached hydrogen (secondary N) is 2. The van der Waals surface area contributed by atoms with Crippen LogP contribution in [-0.2, 0) is 9.53 Å². The number of hydrogen-bond donors (Lipinski definition) is 2. The zero-order valence-electron chi connectivity index (χ0n) is 13.2. The van der Waals surface area contributed by atoms with E-state index in [2.05, 4.69) is 30.5 Å². The molecule has 21 heavy (non-hydrogen) atoms. The third-order valence-corrected chi connectivity index (χ3v) is 3.91. The van der Waals surface area contributed by atoms with Crippen molar-refractivity contribution < 1.29 is 9.53 Å². The lowest BCUT2D eigenvalue weighted by atomic mass is 10.1. The van der Waals surface area contributed by atoms with Gasteiger partial charge in [0.15, 0.2) is 0 Å². The van der Waals surface area contributed by atoms with Gasteiger partial charge in [0.25, 0.3) is 5.91 Å². The van der Waals surface area contributed by atoms with Gasteiger partial charge in [-0.3, -0.25) is 4.79 Å². The first-order chi connectivity index (χ1) is 10.1. The van der Waals surface area contributed by atoms with E-state index in [1.54, 1.807) is 0 Å². The highest BCUT2D eigenvalue weighted by molar-refractivity contribution is 5.95. The standard InChI is InChI=1S/C17H26N2O2/c1-4-11-18-13(3)14-7-5-6-8-15(14)19-17(20)16-10-9-12(2)21-16/h5-8,12-13,16,18H,4,9-11H2,1-3H3,(H,19,20). The Morgan fingerprint density at radius 1 is 1.38 bits per heavy atom. The summed E-state index contributed by atoms with van der Waals surface area (Å²) in [5, 5.41) is 6.48. The monoisotopic (exact) mass is 290 g/mol. The first kappa shape index (κ1) is 16.0. The van der Waals surface area contributed by atoms with Crippen LogP contribution in [0.5, 0.6) is 0 Å². The van der Waals surface area contributed by atoms with Crippen LogP contribution in [-0.4, -0.2) is 24.7 Å². The van der Waals surface area contributed by atoms with Crippen molar-refractivity contribution in [3.05, 3.63) is 29.8 Å². The summed E-state index contributed by atoms with van der Waals surface area (Å²) in [5.74, 6) is -0.0329. The predicted octanol–water partition coefficient (Wildman–Crippen LogP) is 3.25. The molecule has 4 heteroatoms. The van der Waals surface area contributed by atoms with E-state index in [0.717, 1.165) is 37.1 Å². The van der Waals surface area contributed by atoms with E-state index < -0.39 is 0 Å². The van der Waals surface area contributed by atoms with Crippen molar-refractivity contribution in [1.82, 2.24) is 5.32 Å². The zero-order chi connectivity index (χ0) is 15.2. The summed E-state index contributed by atoms with van der Waals surface area (Å²) in [6.45, 7) is 7.24. The number of ether oxygens (including phenoxy) is 1. The Balaban J connectivity index is 2.04. The Kier molecular flexibility index (Phi) is 5.76. The average molecular weight is 290 g/mol. The van der Waals surface area contributed by atoms with Crippen molar-refractivity contribution in [2.24, 2.45) is 0 Å². The second-order valence-electron chi connectivity index (χ2n) is 5.77. The molecule has 0 aromatic heterocycles. The molecule has 0 radical (unpaired) electrons. The highest BCUT2D eigenvalue weighted by Gasteiger charge is 2.28. The number of rotatable bonds is 6. The minimum absolute atomic E-state index is 0.0329. The van der Waals surface area contributed by atoms with Crippen LogP contribution in [0.1, 0.15) is 51.6 Å². The second kappa shape index (κ2) is 7.57. The van der Waals surface area contributed by atoms with Crippen LogP contribution in [0.4, 0.5) is 5.69 Å². The van der Waals surface area contributed by atoms with E-state index in [1.807, 2.05) is 25.1 Å². The lowest BCUT2D eigenvalue weighted by Gasteiger charge is -2.19. The largest absolute Gasteiger partial charge is 0.365 e. The first-order valence-electron chi connectivity index (χ1n) is 7.90. The molecule has 1 fully saturated rings. The fourth-order valence-corrected chi connectivity index (χ4v) is 2.67. The Bertz CT molecular complexity index is 476. The molecule has 1 heterocycles. The van der Waals surface area contributed by atoms with Gasteiger partial charge in [0.05, 0.1) is 6.10 Å². The molecule has 0 aliphatic carbocycles. The van der Waals surface area contributed by atoms with Crippen LogP contribution in [0.3, 0.4) is 0 Å². The summed E-state index contributed by atoms with van der Waals surface area (Å²) in [6, 6.07) is 8.17. The first-order valence-corrected chi connectivity index (χ1v) is 7.90. The molecule has 1 amide bonds. The number of carbonyl (C=O) groups excluding carboxylic acids is 1. The molecule has 0 bridgehead atoms. The Morgan fingerprint density at radius 2 is 2.14 bits per heavy atom. The quantitative estimate of drug-likeness (QED) is 0.845. The average Bonchev–Trinajstić information content (AvgIpc) is 2.92. The van der Waals surface area contributed by atoms with Crippen LogP contribution >= 0.6 is 0 Å². The molecule has 0 spiro atoms. The molecule has 3 unspecified atom stereocenters. The zero-order valence-corrected chi connectivity index (χ0v) is 13.2. The van der Waals surface area contributed by atoms with E-state index in [0.29, 0.717) is 0 Å². The molecular weight excluding hydrogens is 264 g/mol. The molecule has 116 valence electrons. The molecule has 3 atom stereocenters. The fraction of sp³-hybridized carbons (Fsp3) is 0.588. The molecule has 0 saturated carbocycles. The van der Waals surface area contributed by atoms with E-state index in [4.69, 9.17) is 4.74 Å². The maximum absolute atomic E-state index is 12.3. The minimum atomic E-state index is -0.313. The molecule has 1 aromatic carbocycles. The number of carbonyl (C=O) groups is 1. The topological polar surface area (TPSA) is 50.4 Å². The number of amides is 1. The second-order valence-corrected chi connectivity index (χ2v) is 5.77. The molecule has 2 rings (SSSR count). The number of para-hydroxylation sites is 1. The van der Waals surface area contributed by atoms with Gasteiger partial charge in [-0.15, -0.1) is 0 Å². The Labute approximate surface area is 127 Å². The molecule has 1 saturated heterocycles. The van der Waals surface area contributed by atoms with Gasteiger partial charge in [-0.25, -0.2) is 0 Å². The van der Waals surface area contributed by atoms with Crippen LogP contribution < -0.4 is 10.6 Å². The van der Waals surface area contributed by atoms with Crippen molar-refractivity contribution in [2.45, 2.75) is 58.3 Å². The highest BCUT2D eigenvalue weighted by Crippen LogP contribution is 2.25. The third kappa shape index (κ3) is 4.29. The molecule has 2 N–H and O–H groups in total. The minimum Gasteiger partial charge on any atom is -0.365 e. The maximum atomic E-state index is 12.3. The van der Waals surface area contributed by atoms with Gasteiger partial charge in [-0.1, -0.05) is 25.1 Å². The number of hydrogen-bond acceptors (Lipinski definition) is 3. The lowest BCUT2D eigenvalue weighted by molar-refractivity contribution is -0.126. The van der Waals surface area contributed by atoms with Crippen LogP contribution in [0.15, 0.2) is 24.3 Å².